The van der Waals surface area contributed by atoms with Gasteiger partial charge in [0.05, 0.1) is 25.0 Å². The van der Waals surface area contributed by atoms with Gasteiger partial charge in [0.1, 0.15) is 5.56 Å². The van der Waals surface area contributed by atoms with Crippen LogP contribution < -0.4 is 0 Å². The minimum Gasteiger partial charge on any atom is -0.462 e. The highest BCUT2D eigenvalue weighted by atomic mass is 16.5. The molecule has 4 nitrogen and oxygen atoms in total. The Bertz CT molecular complexity index is 366. The Balaban J connectivity index is 2.31. The Morgan fingerprint density at radius 1 is 1.77 bits per heavy atom. The van der Waals surface area contributed by atoms with Crippen molar-refractivity contribution in [1.29, 1.82) is 0 Å². The summed E-state index contributed by atoms with van der Waals surface area (Å²) in [5.74, 6) is -0.296. The Hall–Kier alpha value is -1.58. The maximum Gasteiger partial charge on any atom is 0.341 e. The van der Waals surface area contributed by atoms with E-state index in [1.807, 2.05) is 12.2 Å². The van der Waals surface area contributed by atoms with E-state index in [4.69, 9.17) is 4.74 Å². The molecule has 0 amide bonds. The van der Waals surface area contributed by atoms with Crippen LogP contribution in [0.15, 0.2) is 12.3 Å². The molecule has 0 aromatic carbocycles. The first kappa shape index (κ1) is 8.04. The molecule has 13 heavy (non-hydrogen) atoms. The van der Waals surface area contributed by atoms with E-state index >= 15 is 0 Å². The van der Waals surface area contributed by atoms with E-state index in [9.17, 15) is 4.79 Å². The average Bonchev–Trinajstić information content (AvgIpc) is 2.62. The van der Waals surface area contributed by atoms with Crippen molar-refractivity contribution < 1.29 is 9.53 Å². The van der Waals surface area contributed by atoms with E-state index < -0.39 is 0 Å². The molecule has 0 N–H and O–H groups in total. The van der Waals surface area contributed by atoms with E-state index in [0.717, 1.165) is 12.2 Å². The molecule has 1 aromatic rings. The molecule has 0 radical (unpaired) electrons. The van der Waals surface area contributed by atoms with Gasteiger partial charge < -0.3 is 4.74 Å². The fourth-order valence-electron chi connectivity index (χ4n) is 1.35. The number of carbonyl (C=O) groups excluding carboxylic acids is 1. The third kappa shape index (κ3) is 1.24. The minimum absolute atomic E-state index is 0.296. The van der Waals surface area contributed by atoms with E-state index in [1.165, 1.54) is 0 Å². The summed E-state index contributed by atoms with van der Waals surface area (Å²) in [6.45, 7) is 2.93. The molecule has 1 aromatic heterocycles. The van der Waals surface area contributed by atoms with Gasteiger partial charge in [-0.2, -0.15) is 5.10 Å². The number of carbonyl (C=O) groups is 1. The molecule has 68 valence electrons. The Kier molecular flexibility index (Phi) is 1.88. The molecule has 0 spiro atoms. The first-order valence-electron chi connectivity index (χ1n) is 4.22. The number of fused-ring (bicyclic) bond motifs is 1. The van der Waals surface area contributed by atoms with Crippen LogP contribution in [0.25, 0.3) is 6.08 Å². The third-order valence-electron chi connectivity index (χ3n) is 1.93. The largest absolute Gasteiger partial charge is 0.462 e. The molecule has 0 saturated carbocycles. The summed E-state index contributed by atoms with van der Waals surface area (Å²) in [6, 6.07) is 0. The summed E-state index contributed by atoms with van der Waals surface area (Å²) >= 11 is 0. The molecule has 0 atom stereocenters. The first-order valence-corrected chi connectivity index (χ1v) is 4.22. The summed E-state index contributed by atoms with van der Waals surface area (Å²) in [4.78, 5) is 11.4. The van der Waals surface area contributed by atoms with Gasteiger partial charge in [0, 0.05) is 0 Å². The molecule has 2 heterocycles. The molecule has 1 aliphatic heterocycles. The van der Waals surface area contributed by atoms with Gasteiger partial charge in [0.15, 0.2) is 0 Å². The molecular formula is C9H10N2O2. The average molecular weight is 178 g/mol. The number of esters is 1. The van der Waals surface area contributed by atoms with Gasteiger partial charge in [-0.15, -0.1) is 0 Å². The van der Waals surface area contributed by atoms with Crippen molar-refractivity contribution in [2.24, 2.45) is 0 Å². The summed E-state index contributed by atoms with van der Waals surface area (Å²) in [5.41, 5.74) is 1.40. The van der Waals surface area contributed by atoms with Crippen molar-refractivity contribution in [2.75, 3.05) is 6.61 Å². The topological polar surface area (TPSA) is 44.1 Å². The molecule has 1 aliphatic rings. The predicted octanol–water partition coefficient (Wildman–Crippen LogP) is 1.09. The van der Waals surface area contributed by atoms with Crippen LogP contribution in [0, 0.1) is 0 Å². The fraction of sp³-hybridized carbons (Fsp3) is 0.333. The Morgan fingerprint density at radius 2 is 2.62 bits per heavy atom. The zero-order valence-corrected chi connectivity index (χ0v) is 7.36. The maximum absolute atomic E-state index is 11.4. The van der Waals surface area contributed by atoms with Crippen LogP contribution in [-0.4, -0.2) is 22.4 Å². The normalized spacial score (nSPS) is 13.0. The second kappa shape index (κ2) is 3.05. The van der Waals surface area contributed by atoms with Crippen LogP contribution in [-0.2, 0) is 11.3 Å². The summed E-state index contributed by atoms with van der Waals surface area (Å²) < 4.78 is 6.66. The summed E-state index contributed by atoms with van der Waals surface area (Å²) in [6.07, 6.45) is 5.40. The van der Waals surface area contributed by atoms with E-state index in [0.29, 0.717) is 12.2 Å². The maximum atomic E-state index is 11.4. The number of hydrogen-bond donors (Lipinski definition) is 0. The van der Waals surface area contributed by atoms with Crippen molar-refractivity contribution in [3.63, 3.8) is 0 Å². The number of hydrogen-bond acceptors (Lipinski definition) is 3. The van der Waals surface area contributed by atoms with Gasteiger partial charge >= 0.3 is 5.97 Å². The van der Waals surface area contributed by atoms with Crippen LogP contribution in [0.2, 0.25) is 0 Å². The number of nitrogens with zero attached hydrogens (tertiary/aromatic N) is 2. The van der Waals surface area contributed by atoms with Crippen molar-refractivity contribution in [3.8, 4) is 0 Å². The SMILES string of the molecule is CCOC(=O)c1cnn2c1C=CC2. The van der Waals surface area contributed by atoms with Crippen molar-refractivity contribution in [2.45, 2.75) is 13.5 Å². The quantitative estimate of drug-likeness (QED) is 0.636. The van der Waals surface area contributed by atoms with Crippen molar-refractivity contribution in [1.82, 2.24) is 9.78 Å². The van der Waals surface area contributed by atoms with E-state index in [2.05, 4.69) is 5.10 Å². The van der Waals surface area contributed by atoms with E-state index in [-0.39, 0.29) is 5.97 Å². The highest BCUT2D eigenvalue weighted by Crippen LogP contribution is 2.16. The third-order valence-corrected chi connectivity index (χ3v) is 1.93. The molecule has 0 fully saturated rings. The molecule has 0 saturated heterocycles. The number of ether oxygens (including phenoxy) is 1. The van der Waals surface area contributed by atoms with Crippen LogP contribution in [0.1, 0.15) is 23.0 Å². The lowest BCUT2D eigenvalue weighted by molar-refractivity contribution is 0.0526. The van der Waals surface area contributed by atoms with Gasteiger partial charge in [-0.3, -0.25) is 4.68 Å². The fourth-order valence-corrected chi connectivity index (χ4v) is 1.35. The highest BCUT2D eigenvalue weighted by molar-refractivity contribution is 5.93. The lowest BCUT2D eigenvalue weighted by Crippen LogP contribution is -2.05. The molecule has 4 heteroatoms. The summed E-state index contributed by atoms with van der Waals surface area (Å²) in [5, 5.41) is 4.05. The monoisotopic (exact) mass is 178 g/mol. The van der Waals surface area contributed by atoms with Gasteiger partial charge in [0.2, 0.25) is 0 Å². The Morgan fingerprint density at radius 3 is 3.38 bits per heavy atom. The predicted molar refractivity (Wildman–Crippen MR) is 47.2 cm³/mol. The highest BCUT2D eigenvalue weighted by Gasteiger charge is 2.18. The van der Waals surface area contributed by atoms with Crippen LogP contribution in [0.5, 0.6) is 0 Å². The van der Waals surface area contributed by atoms with Crippen molar-refractivity contribution >= 4 is 12.0 Å². The molecule has 2 rings (SSSR count). The van der Waals surface area contributed by atoms with Gasteiger partial charge in [-0.05, 0) is 13.0 Å². The molecule has 0 aliphatic carbocycles. The number of aromatic nitrogens is 2. The van der Waals surface area contributed by atoms with Crippen LogP contribution in [0.4, 0.5) is 0 Å². The lowest BCUT2D eigenvalue weighted by Gasteiger charge is -1.99. The zero-order valence-electron chi connectivity index (χ0n) is 7.36. The van der Waals surface area contributed by atoms with Crippen molar-refractivity contribution in [3.05, 3.63) is 23.5 Å². The second-order valence-corrected chi connectivity index (χ2v) is 2.75. The zero-order chi connectivity index (χ0) is 9.26. The standard InChI is InChI=1S/C9H10N2O2/c1-2-13-9(12)7-6-10-11-5-3-4-8(7)11/h3-4,6H,2,5H2,1H3. The van der Waals surface area contributed by atoms with Gasteiger partial charge in [0.25, 0.3) is 0 Å². The first-order chi connectivity index (χ1) is 6.33. The lowest BCUT2D eigenvalue weighted by atomic mass is 10.2. The van der Waals surface area contributed by atoms with Gasteiger partial charge in [-0.25, -0.2) is 4.79 Å². The second-order valence-electron chi connectivity index (χ2n) is 2.75. The molecule has 0 bridgehead atoms. The van der Waals surface area contributed by atoms with Gasteiger partial charge in [-0.1, -0.05) is 6.08 Å². The van der Waals surface area contributed by atoms with Crippen LogP contribution in [0.3, 0.4) is 0 Å². The number of rotatable bonds is 2. The summed E-state index contributed by atoms with van der Waals surface area (Å²) in [7, 11) is 0. The smallest absolute Gasteiger partial charge is 0.341 e. The Labute approximate surface area is 75.8 Å². The minimum atomic E-state index is -0.296. The van der Waals surface area contributed by atoms with Crippen LogP contribution >= 0.6 is 0 Å². The molecular weight excluding hydrogens is 168 g/mol. The molecule has 0 unspecified atom stereocenters. The number of allylic oxidation sites excluding steroid dienone is 1. The van der Waals surface area contributed by atoms with E-state index in [1.54, 1.807) is 17.8 Å².